The Morgan fingerprint density at radius 3 is 2.76 bits per heavy atom. The Morgan fingerprint density at radius 2 is 2.10 bits per heavy atom. The fourth-order valence-electron chi connectivity index (χ4n) is 2.01. The van der Waals surface area contributed by atoms with E-state index in [1.54, 1.807) is 11.4 Å². The largest absolute Gasteiger partial charge is 0.478 e. The second kappa shape index (κ2) is 4.55. The van der Waals surface area contributed by atoms with Crippen molar-refractivity contribution in [3.8, 4) is 5.69 Å². The molecule has 0 atom stereocenters. The molecule has 0 saturated carbocycles. The van der Waals surface area contributed by atoms with Crippen molar-refractivity contribution in [3.05, 3.63) is 41.2 Å². The molecule has 3 aromatic heterocycles. The summed E-state index contributed by atoms with van der Waals surface area (Å²) in [7, 11) is 0. The number of carbonyl (C=O) groups is 1. The van der Waals surface area contributed by atoms with E-state index >= 15 is 0 Å². The number of carboxylic acid groups (broad SMARTS) is 1. The summed E-state index contributed by atoms with van der Waals surface area (Å²) in [5.74, 6) is -1.68. The summed E-state index contributed by atoms with van der Waals surface area (Å²) >= 11 is 1.27. The molecule has 0 saturated heterocycles. The van der Waals surface area contributed by atoms with Crippen molar-refractivity contribution in [1.82, 2.24) is 14.8 Å². The number of alkyl halides is 3. The van der Waals surface area contributed by atoms with Crippen LogP contribution in [-0.4, -0.2) is 25.8 Å². The van der Waals surface area contributed by atoms with Gasteiger partial charge in [0.15, 0.2) is 5.69 Å². The minimum Gasteiger partial charge on any atom is -0.478 e. The quantitative estimate of drug-likeness (QED) is 0.789. The molecule has 108 valence electrons. The summed E-state index contributed by atoms with van der Waals surface area (Å²) in [6, 6.07) is 2.98. The molecule has 21 heavy (non-hydrogen) atoms. The molecule has 0 spiro atoms. The number of aromatic nitrogens is 3. The lowest BCUT2D eigenvalue weighted by atomic mass is 10.2. The highest BCUT2D eigenvalue weighted by molar-refractivity contribution is 7.16. The molecular weight excluding hydrogens is 307 g/mol. The Balaban J connectivity index is 2.33. The maximum absolute atomic E-state index is 13.2. The van der Waals surface area contributed by atoms with E-state index in [0.29, 0.717) is 21.1 Å². The molecular formula is C12H6F3N3O2S. The molecule has 0 fully saturated rings. The van der Waals surface area contributed by atoms with Crippen LogP contribution in [-0.2, 0) is 6.18 Å². The second-order valence-electron chi connectivity index (χ2n) is 4.09. The maximum Gasteiger partial charge on any atom is 0.434 e. The molecule has 0 bridgehead atoms. The fraction of sp³-hybridized carbons (Fsp3) is 0.0833. The molecule has 3 rings (SSSR count). The number of aromatic carboxylic acids is 1. The van der Waals surface area contributed by atoms with E-state index in [1.807, 2.05) is 0 Å². The van der Waals surface area contributed by atoms with Crippen LogP contribution < -0.4 is 0 Å². The highest BCUT2D eigenvalue weighted by Crippen LogP contribution is 2.35. The fourth-order valence-corrected chi connectivity index (χ4v) is 2.76. The molecule has 0 amide bonds. The lowest BCUT2D eigenvalue weighted by Crippen LogP contribution is -2.17. The number of thiophene rings is 1. The number of rotatable bonds is 2. The SMILES string of the molecule is O=C(O)c1cnn(-c2ccnc3sccc23)c1C(F)(F)F. The summed E-state index contributed by atoms with van der Waals surface area (Å²) in [6.07, 6.45) is -2.78. The first-order valence-corrected chi connectivity index (χ1v) is 6.48. The molecule has 9 heteroatoms. The van der Waals surface area contributed by atoms with Crippen LogP contribution in [0, 0.1) is 0 Å². The normalized spacial score (nSPS) is 12.0. The van der Waals surface area contributed by atoms with Crippen LogP contribution in [0.15, 0.2) is 29.9 Å². The van der Waals surface area contributed by atoms with Gasteiger partial charge in [-0.1, -0.05) is 0 Å². The maximum atomic E-state index is 13.2. The first-order chi connectivity index (χ1) is 9.89. The number of fused-ring (bicyclic) bond motifs is 1. The van der Waals surface area contributed by atoms with Gasteiger partial charge in [0.1, 0.15) is 10.4 Å². The van der Waals surface area contributed by atoms with Crippen LogP contribution in [0.3, 0.4) is 0 Å². The molecule has 1 N–H and O–H groups in total. The highest BCUT2D eigenvalue weighted by atomic mass is 32.1. The van der Waals surface area contributed by atoms with Crippen LogP contribution in [0.1, 0.15) is 16.1 Å². The monoisotopic (exact) mass is 313 g/mol. The predicted octanol–water partition coefficient (Wildman–Crippen LogP) is 3.20. The molecule has 0 unspecified atom stereocenters. The van der Waals surface area contributed by atoms with Crippen molar-refractivity contribution in [2.45, 2.75) is 6.18 Å². The molecule has 0 aliphatic carbocycles. The third kappa shape index (κ3) is 2.15. The van der Waals surface area contributed by atoms with Gasteiger partial charge in [0.05, 0.1) is 11.9 Å². The van der Waals surface area contributed by atoms with Crippen LogP contribution in [0.2, 0.25) is 0 Å². The van der Waals surface area contributed by atoms with Crippen molar-refractivity contribution >= 4 is 27.5 Å². The third-order valence-electron chi connectivity index (χ3n) is 2.84. The Labute approximate surface area is 119 Å². The number of halogens is 3. The minimum absolute atomic E-state index is 0.140. The topological polar surface area (TPSA) is 68.0 Å². The molecule has 0 radical (unpaired) electrons. The van der Waals surface area contributed by atoms with E-state index in [0.717, 1.165) is 0 Å². The molecule has 0 aliphatic heterocycles. The van der Waals surface area contributed by atoms with E-state index in [-0.39, 0.29) is 5.69 Å². The Morgan fingerprint density at radius 1 is 1.33 bits per heavy atom. The number of hydrogen-bond donors (Lipinski definition) is 1. The van der Waals surface area contributed by atoms with Gasteiger partial charge in [-0.15, -0.1) is 11.3 Å². The second-order valence-corrected chi connectivity index (χ2v) is 4.99. The molecule has 5 nitrogen and oxygen atoms in total. The predicted molar refractivity (Wildman–Crippen MR) is 68.7 cm³/mol. The van der Waals surface area contributed by atoms with Crippen molar-refractivity contribution in [1.29, 1.82) is 0 Å². The van der Waals surface area contributed by atoms with Crippen molar-refractivity contribution in [2.24, 2.45) is 0 Å². The van der Waals surface area contributed by atoms with Gasteiger partial charge >= 0.3 is 12.1 Å². The lowest BCUT2D eigenvalue weighted by molar-refractivity contribution is -0.143. The molecule has 3 aromatic rings. The number of nitrogens with zero attached hydrogens (tertiary/aromatic N) is 3. The van der Waals surface area contributed by atoms with Gasteiger partial charge < -0.3 is 5.11 Å². The average Bonchev–Trinajstić information content (AvgIpc) is 3.04. The van der Waals surface area contributed by atoms with E-state index in [1.165, 1.54) is 23.6 Å². The lowest BCUT2D eigenvalue weighted by Gasteiger charge is -2.12. The van der Waals surface area contributed by atoms with Gasteiger partial charge in [0.2, 0.25) is 0 Å². The summed E-state index contributed by atoms with van der Waals surface area (Å²) in [5, 5.41) is 14.7. The van der Waals surface area contributed by atoms with Crippen molar-refractivity contribution in [2.75, 3.05) is 0 Å². The third-order valence-corrected chi connectivity index (χ3v) is 3.66. The molecule has 0 aromatic carbocycles. The smallest absolute Gasteiger partial charge is 0.434 e. The van der Waals surface area contributed by atoms with E-state index in [4.69, 9.17) is 5.11 Å². The first-order valence-electron chi connectivity index (χ1n) is 5.60. The standard InChI is InChI=1S/C12H6F3N3O2S/c13-12(14,15)9-7(11(19)20)5-17-18(9)8-1-3-16-10-6(8)2-4-21-10/h1-5H,(H,19,20). The zero-order valence-corrected chi connectivity index (χ0v) is 10.9. The van der Waals surface area contributed by atoms with Gasteiger partial charge in [0, 0.05) is 11.6 Å². The van der Waals surface area contributed by atoms with Crippen molar-refractivity contribution < 1.29 is 23.1 Å². The number of carboxylic acids is 1. The number of pyridine rings is 1. The summed E-state index contributed by atoms with van der Waals surface area (Å²) in [6.45, 7) is 0. The van der Waals surface area contributed by atoms with Gasteiger partial charge in [-0.2, -0.15) is 18.3 Å². The van der Waals surface area contributed by atoms with E-state index in [2.05, 4.69) is 10.1 Å². The zero-order valence-electron chi connectivity index (χ0n) is 10.1. The molecule has 0 aliphatic rings. The average molecular weight is 313 g/mol. The van der Waals surface area contributed by atoms with E-state index in [9.17, 15) is 18.0 Å². The Kier molecular flexibility index (Phi) is 2.94. The zero-order chi connectivity index (χ0) is 15.2. The summed E-state index contributed by atoms with van der Waals surface area (Å²) in [5.41, 5.74) is -2.06. The first kappa shape index (κ1) is 13.6. The van der Waals surface area contributed by atoms with Crippen LogP contribution in [0.25, 0.3) is 15.9 Å². The Bertz CT molecular complexity index is 838. The highest BCUT2D eigenvalue weighted by Gasteiger charge is 2.40. The Hall–Kier alpha value is -2.42. The number of hydrogen-bond acceptors (Lipinski definition) is 4. The minimum atomic E-state index is -4.84. The van der Waals surface area contributed by atoms with Crippen LogP contribution >= 0.6 is 11.3 Å². The van der Waals surface area contributed by atoms with Crippen LogP contribution in [0.5, 0.6) is 0 Å². The van der Waals surface area contributed by atoms with Gasteiger partial charge in [0.25, 0.3) is 0 Å². The van der Waals surface area contributed by atoms with Gasteiger partial charge in [-0.05, 0) is 17.5 Å². The van der Waals surface area contributed by atoms with Crippen LogP contribution in [0.4, 0.5) is 13.2 Å². The van der Waals surface area contributed by atoms with Gasteiger partial charge in [-0.3, -0.25) is 0 Å². The summed E-state index contributed by atoms with van der Waals surface area (Å²) < 4.78 is 40.1. The molecule has 3 heterocycles. The van der Waals surface area contributed by atoms with Crippen molar-refractivity contribution in [3.63, 3.8) is 0 Å². The summed E-state index contributed by atoms with van der Waals surface area (Å²) in [4.78, 5) is 15.6. The van der Waals surface area contributed by atoms with E-state index < -0.39 is 23.4 Å². The van der Waals surface area contributed by atoms with Gasteiger partial charge in [-0.25, -0.2) is 14.5 Å².